The van der Waals surface area contributed by atoms with Crippen LogP contribution in [0.25, 0.3) is 0 Å². The number of hydrogen-bond donors (Lipinski definition) is 2. The molecule has 3 N–H and O–H groups in total. The molecule has 0 fully saturated rings. The first-order valence-electron chi connectivity index (χ1n) is 3.50. The first kappa shape index (κ1) is 9.08. The Morgan fingerprint density at radius 2 is 2.30 bits per heavy atom. The molecular formula is C8H16N2. The average Bonchev–Trinajstić information content (AvgIpc) is 1.89. The molecule has 0 unspecified atom stereocenters. The van der Waals surface area contributed by atoms with E-state index in [4.69, 9.17) is 5.73 Å². The van der Waals surface area contributed by atoms with Crippen molar-refractivity contribution in [2.45, 2.75) is 20.3 Å². The molecule has 2 nitrogen and oxygen atoms in total. The first-order valence-corrected chi connectivity index (χ1v) is 3.50. The van der Waals surface area contributed by atoms with Crippen molar-refractivity contribution < 1.29 is 0 Å². The summed E-state index contributed by atoms with van der Waals surface area (Å²) in [4.78, 5) is 0. The fourth-order valence-corrected chi connectivity index (χ4v) is 0.739. The van der Waals surface area contributed by atoms with Crippen LogP contribution in [0.2, 0.25) is 0 Å². The third-order valence-corrected chi connectivity index (χ3v) is 1.44. The molecule has 2 heteroatoms. The van der Waals surface area contributed by atoms with Gasteiger partial charge in [0.15, 0.2) is 0 Å². The van der Waals surface area contributed by atoms with Crippen LogP contribution in [0.3, 0.4) is 0 Å². The summed E-state index contributed by atoms with van der Waals surface area (Å²) >= 11 is 0. The van der Waals surface area contributed by atoms with Gasteiger partial charge in [0.1, 0.15) is 0 Å². The molecule has 0 rings (SSSR count). The van der Waals surface area contributed by atoms with Gasteiger partial charge in [-0.25, -0.2) is 0 Å². The van der Waals surface area contributed by atoms with Crippen molar-refractivity contribution in [3.8, 4) is 0 Å². The molecule has 0 atom stereocenters. The smallest absolute Gasteiger partial charge is 0.0374 e. The van der Waals surface area contributed by atoms with Crippen molar-refractivity contribution >= 4 is 0 Å². The van der Waals surface area contributed by atoms with Gasteiger partial charge in [-0.3, -0.25) is 0 Å². The molecule has 0 heterocycles. The van der Waals surface area contributed by atoms with Crippen molar-refractivity contribution in [1.29, 1.82) is 0 Å². The Hall–Kier alpha value is -0.920. The fraction of sp³-hybridized carbons (Fsp3) is 0.500. The molecule has 0 radical (unpaired) electrons. The molecule has 0 aromatic carbocycles. The number of hydrogen-bond acceptors (Lipinski definition) is 2. The average molecular weight is 140 g/mol. The number of nitrogens with two attached hydrogens (primary N) is 1. The Morgan fingerprint density at radius 3 is 2.60 bits per heavy atom. The molecule has 0 aromatic heterocycles. The lowest BCUT2D eigenvalue weighted by Crippen LogP contribution is -2.12. The molecule has 0 spiro atoms. The second-order valence-corrected chi connectivity index (χ2v) is 2.23. The van der Waals surface area contributed by atoms with Crippen molar-refractivity contribution in [3.05, 3.63) is 24.0 Å². The Labute approximate surface area is 62.8 Å². The van der Waals surface area contributed by atoms with Crippen LogP contribution < -0.4 is 11.1 Å². The summed E-state index contributed by atoms with van der Waals surface area (Å²) in [6, 6.07) is 0. The second-order valence-electron chi connectivity index (χ2n) is 2.23. The zero-order chi connectivity index (χ0) is 7.98. The number of nitrogens with one attached hydrogen (secondary N) is 1. The van der Waals surface area contributed by atoms with E-state index >= 15 is 0 Å². The molecule has 0 saturated carbocycles. The van der Waals surface area contributed by atoms with Crippen LogP contribution in [-0.2, 0) is 0 Å². The quantitative estimate of drug-likeness (QED) is 0.618. The lowest BCUT2D eigenvalue weighted by atomic mass is 10.1. The molecular weight excluding hydrogens is 124 g/mol. The third-order valence-electron chi connectivity index (χ3n) is 1.44. The van der Waals surface area contributed by atoms with Crippen LogP contribution in [-0.4, -0.2) is 6.54 Å². The van der Waals surface area contributed by atoms with Crippen LogP contribution in [0.5, 0.6) is 0 Å². The van der Waals surface area contributed by atoms with E-state index in [1.807, 2.05) is 6.92 Å². The zero-order valence-electron chi connectivity index (χ0n) is 6.78. The maximum absolute atomic E-state index is 5.59. The van der Waals surface area contributed by atoms with Crippen molar-refractivity contribution in [2.24, 2.45) is 5.73 Å². The minimum Gasteiger partial charge on any atom is -0.402 e. The highest BCUT2D eigenvalue weighted by Gasteiger charge is 1.93. The van der Waals surface area contributed by atoms with Crippen LogP contribution in [0.1, 0.15) is 20.3 Å². The van der Waals surface area contributed by atoms with Crippen LogP contribution >= 0.6 is 0 Å². The molecule has 0 aliphatic carbocycles. The van der Waals surface area contributed by atoms with E-state index in [0.717, 1.165) is 18.7 Å². The standard InChI is InChI=1S/C8H16N2/c1-4-8(7(3)9)6-10-5-2/h5,10H,2,4,6,9H2,1,3H3/b8-7-. The van der Waals surface area contributed by atoms with E-state index in [1.54, 1.807) is 6.20 Å². The summed E-state index contributed by atoms with van der Waals surface area (Å²) in [5.41, 5.74) is 7.76. The SMILES string of the molecule is C=CNC/C(CC)=C(/C)N. The summed E-state index contributed by atoms with van der Waals surface area (Å²) in [5, 5.41) is 3.01. The predicted molar refractivity (Wildman–Crippen MR) is 45.4 cm³/mol. The van der Waals surface area contributed by atoms with Gasteiger partial charge in [-0.05, 0) is 25.1 Å². The normalized spacial score (nSPS) is 12.2. The largest absolute Gasteiger partial charge is 0.402 e. The van der Waals surface area contributed by atoms with E-state index < -0.39 is 0 Å². The van der Waals surface area contributed by atoms with E-state index in [9.17, 15) is 0 Å². The lowest BCUT2D eigenvalue weighted by Gasteiger charge is -2.05. The summed E-state index contributed by atoms with van der Waals surface area (Å²) < 4.78 is 0. The molecule has 0 aliphatic heterocycles. The monoisotopic (exact) mass is 140 g/mol. The van der Waals surface area contributed by atoms with E-state index in [-0.39, 0.29) is 0 Å². The zero-order valence-corrected chi connectivity index (χ0v) is 6.78. The Bertz CT molecular complexity index is 132. The van der Waals surface area contributed by atoms with Gasteiger partial charge in [0.2, 0.25) is 0 Å². The van der Waals surface area contributed by atoms with Gasteiger partial charge in [-0.1, -0.05) is 13.5 Å². The second kappa shape index (κ2) is 4.91. The maximum Gasteiger partial charge on any atom is 0.0374 e. The third kappa shape index (κ3) is 3.17. The molecule has 0 aliphatic rings. The summed E-state index contributed by atoms with van der Waals surface area (Å²) in [6.45, 7) is 8.39. The van der Waals surface area contributed by atoms with Gasteiger partial charge in [-0.15, -0.1) is 0 Å². The van der Waals surface area contributed by atoms with Crippen LogP contribution in [0.15, 0.2) is 24.0 Å². The molecule has 58 valence electrons. The Morgan fingerprint density at radius 1 is 1.70 bits per heavy atom. The molecule has 0 amide bonds. The van der Waals surface area contributed by atoms with E-state index in [2.05, 4.69) is 18.8 Å². The van der Waals surface area contributed by atoms with Gasteiger partial charge in [0.25, 0.3) is 0 Å². The number of allylic oxidation sites excluding steroid dienone is 1. The summed E-state index contributed by atoms with van der Waals surface area (Å²) in [5.74, 6) is 0. The topological polar surface area (TPSA) is 38.0 Å². The minimum atomic E-state index is 0.822. The lowest BCUT2D eigenvalue weighted by molar-refractivity contribution is 0.868. The molecule has 0 bridgehead atoms. The number of rotatable bonds is 4. The highest BCUT2D eigenvalue weighted by molar-refractivity contribution is 5.10. The maximum atomic E-state index is 5.59. The highest BCUT2D eigenvalue weighted by Crippen LogP contribution is 2.01. The van der Waals surface area contributed by atoms with Gasteiger partial charge in [0.05, 0.1) is 0 Å². The van der Waals surface area contributed by atoms with Gasteiger partial charge in [-0.2, -0.15) is 0 Å². The molecule has 0 aromatic rings. The summed E-state index contributed by atoms with van der Waals surface area (Å²) in [6.07, 6.45) is 2.68. The van der Waals surface area contributed by atoms with Crippen molar-refractivity contribution in [1.82, 2.24) is 5.32 Å². The van der Waals surface area contributed by atoms with Crippen LogP contribution in [0.4, 0.5) is 0 Å². The molecule has 0 saturated heterocycles. The van der Waals surface area contributed by atoms with E-state index in [0.29, 0.717) is 0 Å². The minimum absolute atomic E-state index is 0.822. The molecule has 10 heavy (non-hydrogen) atoms. The van der Waals surface area contributed by atoms with Gasteiger partial charge in [0, 0.05) is 12.2 Å². The predicted octanol–water partition coefficient (Wildman–Crippen LogP) is 1.36. The van der Waals surface area contributed by atoms with Crippen LogP contribution in [0, 0.1) is 0 Å². The van der Waals surface area contributed by atoms with Crippen molar-refractivity contribution in [3.63, 3.8) is 0 Å². The van der Waals surface area contributed by atoms with Crippen molar-refractivity contribution in [2.75, 3.05) is 6.54 Å². The summed E-state index contributed by atoms with van der Waals surface area (Å²) in [7, 11) is 0. The Kier molecular flexibility index (Phi) is 4.46. The first-order chi connectivity index (χ1) is 4.72. The fourth-order valence-electron chi connectivity index (χ4n) is 0.739. The van der Waals surface area contributed by atoms with E-state index in [1.165, 1.54) is 5.57 Å². The van der Waals surface area contributed by atoms with Gasteiger partial charge >= 0.3 is 0 Å². The van der Waals surface area contributed by atoms with Gasteiger partial charge < -0.3 is 11.1 Å². The Balaban J connectivity index is 3.84. The highest BCUT2D eigenvalue weighted by atomic mass is 14.8.